The molecule has 0 aromatic carbocycles. The molecule has 1 heterocycles. The van der Waals surface area contributed by atoms with Crippen molar-refractivity contribution in [1.82, 2.24) is 9.78 Å². The van der Waals surface area contributed by atoms with E-state index in [0.29, 0.717) is 0 Å². The summed E-state index contributed by atoms with van der Waals surface area (Å²) in [6.45, 7) is 0. The van der Waals surface area contributed by atoms with Crippen molar-refractivity contribution in [3.05, 3.63) is 18.0 Å². The predicted octanol–water partition coefficient (Wildman–Crippen LogP) is 1.41. The molecule has 74 valence electrons. The van der Waals surface area contributed by atoms with E-state index in [0.717, 1.165) is 0 Å². The summed E-state index contributed by atoms with van der Waals surface area (Å²) in [6.07, 6.45) is -4.53. The molecule has 1 aromatic rings. The zero-order valence-electron chi connectivity index (χ0n) is 6.91. The molecule has 0 saturated heterocycles. The van der Waals surface area contributed by atoms with Crippen LogP contribution >= 0.6 is 0 Å². The average molecular weight is 194 g/mol. The highest BCUT2D eigenvalue weighted by molar-refractivity contribution is 5.07. The van der Waals surface area contributed by atoms with E-state index >= 15 is 0 Å². The second-order valence-electron chi connectivity index (χ2n) is 2.78. The molecule has 1 atom stereocenters. The van der Waals surface area contributed by atoms with Crippen LogP contribution in [-0.2, 0) is 7.05 Å². The van der Waals surface area contributed by atoms with Gasteiger partial charge >= 0.3 is 6.18 Å². The molecule has 0 spiro atoms. The number of halogens is 3. The first-order chi connectivity index (χ1) is 5.88. The minimum atomic E-state index is -4.35. The molecule has 0 fully saturated rings. The van der Waals surface area contributed by atoms with E-state index in [9.17, 15) is 13.2 Å². The minimum Gasteiger partial charge on any atom is -0.388 e. The molecule has 0 aliphatic carbocycles. The van der Waals surface area contributed by atoms with E-state index in [1.807, 2.05) is 0 Å². The summed E-state index contributed by atoms with van der Waals surface area (Å²) in [5.74, 6) is 0. The number of aromatic nitrogens is 2. The van der Waals surface area contributed by atoms with E-state index in [4.69, 9.17) is 5.11 Å². The maximum Gasteiger partial charge on any atom is 0.391 e. The van der Waals surface area contributed by atoms with E-state index in [1.54, 1.807) is 7.05 Å². The zero-order valence-corrected chi connectivity index (χ0v) is 6.91. The van der Waals surface area contributed by atoms with Crippen molar-refractivity contribution in [2.45, 2.75) is 18.7 Å². The molecule has 0 aliphatic rings. The van der Waals surface area contributed by atoms with Gasteiger partial charge in [0, 0.05) is 18.8 Å². The molecule has 13 heavy (non-hydrogen) atoms. The fourth-order valence-corrected chi connectivity index (χ4v) is 0.949. The van der Waals surface area contributed by atoms with Crippen LogP contribution < -0.4 is 0 Å². The summed E-state index contributed by atoms with van der Waals surface area (Å²) < 4.78 is 36.8. The summed E-state index contributed by atoms with van der Waals surface area (Å²) in [6, 6.07) is 0. The van der Waals surface area contributed by atoms with Crippen molar-refractivity contribution >= 4 is 0 Å². The number of hydrogen-bond donors (Lipinski definition) is 1. The molecular weight excluding hydrogens is 185 g/mol. The Morgan fingerprint density at radius 1 is 1.62 bits per heavy atom. The molecular formula is C7H9F3N2O. The third-order valence-electron chi connectivity index (χ3n) is 1.53. The number of nitrogens with zero attached hydrogens (tertiary/aromatic N) is 2. The molecule has 0 saturated carbocycles. The van der Waals surface area contributed by atoms with Gasteiger partial charge in [0.2, 0.25) is 0 Å². The fourth-order valence-electron chi connectivity index (χ4n) is 0.949. The van der Waals surface area contributed by atoms with Gasteiger partial charge in [0.1, 0.15) is 0 Å². The van der Waals surface area contributed by atoms with Crippen molar-refractivity contribution in [1.29, 1.82) is 0 Å². The summed E-state index contributed by atoms with van der Waals surface area (Å²) in [4.78, 5) is 0. The Hall–Kier alpha value is -1.04. The SMILES string of the molecule is Cn1cc(C(O)CC(F)(F)F)cn1. The van der Waals surface area contributed by atoms with Crippen molar-refractivity contribution < 1.29 is 18.3 Å². The second kappa shape index (κ2) is 3.37. The van der Waals surface area contributed by atoms with E-state index in [1.165, 1.54) is 17.1 Å². The smallest absolute Gasteiger partial charge is 0.388 e. The molecule has 0 aliphatic heterocycles. The van der Waals surface area contributed by atoms with Gasteiger partial charge in [-0.3, -0.25) is 4.68 Å². The van der Waals surface area contributed by atoms with Gasteiger partial charge in [-0.1, -0.05) is 0 Å². The number of alkyl halides is 3. The number of aliphatic hydroxyl groups excluding tert-OH is 1. The molecule has 0 bridgehead atoms. The quantitative estimate of drug-likeness (QED) is 0.772. The van der Waals surface area contributed by atoms with Crippen molar-refractivity contribution in [3.63, 3.8) is 0 Å². The average Bonchev–Trinajstić information content (AvgIpc) is 2.31. The molecule has 0 amide bonds. The van der Waals surface area contributed by atoms with Gasteiger partial charge in [-0.15, -0.1) is 0 Å². The predicted molar refractivity (Wildman–Crippen MR) is 38.8 cm³/mol. The lowest BCUT2D eigenvalue weighted by Crippen LogP contribution is -2.13. The lowest BCUT2D eigenvalue weighted by Gasteiger charge is -2.10. The fraction of sp³-hybridized carbons (Fsp3) is 0.571. The minimum absolute atomic E-state index is 0.180. The molecule has 1 N–H and O–H groups in total. The zero-order chi connectivity index (χ0) is 10.1. The monoisotopic (exact) mass is 194 g/mol. The Kier molecular flexibility index (Phi) is 2.60. The van der Waals surface area contributed by atoms with E-state index in [2.05, 4.69) is 5.10 Å². The second-order valence-corrected chi connectivity index (χ2v) is 2.78. The lowest BCUT2D eigenvalue weighted by atomic mass is 10.1. The number of rotatable bonds is 2. The largest absolute Gasteiger partial charge is 0.391 e. The summed E-state index contributed by atoms with van der Waals surface area (Å²) in [5, 5.41) is 12.8. The van der Waals surface area contributed by atoms with Crippen LogP contribution in [0.1, 0.15) is 18.1 Å². The Balaban J connectivity index is 2.64. The van der Waals surface area contributed by atoms with Gasteiger partial charge in [-0.05, 0) is 0 Å². The van der Waals surface area contributed by atoms with Crippen molar-refractivity contribution in [2.24, 2.45) is 7.05 Å². The highest BCUT2D eigenvalue weighted by Gasteiger charge is 2.32. The Bertz CT molecular complexity index is 282. The standard InChI is InChI=1S/C7H9F3N2O/c1-12-4-5(3-11-12)6(13)2-7(8,9)10/h3-4,6,13H,2H2,1H3. The van der Waals surface area contributed by atoms with Gasteiger partial charge in [0.25, 0.3) is 0 Å². The highest BCUT2D eigenvalue weighted by Crippen LogP contribution is 2.28. The van der Waals surface area contributed by atoms with Crippen LogP contribution in [0.25, 0.3) is 0 Å². The van der Waals surface area contributed by atoms with Crippen molar-refractivity contribution in [2.75, 3.05) is 0 Å². The van der Waals surface area contributed by atoms with Gasteiger partial charge in [-0.2, -0.15) is 18.3 Å². The molecule has 3 nitrogen and oxygen atoms in total. The number of aliphatic hydroxyl groups is 1. The first-order valence-corrected chi connectivity index (χ1v) is 3.62. The van der Waals surface area contributed by atoms with Gasteiger partial charge in [0.15, 0.2) is 0 Å². The number of aryl methyl sites for hydroxylation is 1. The maximum absolute atomic E-state index is 11.8. The third-order valence-corrected chi connectivity index (χ3v) is 1.53. The van der Waals surface area contributed by atoms with Crippen LogP contribution in [0.5, 0.6) is 0 Å². The molecule has 1 aromatic heterocycles. The van der Waals surface area contributed by atoms with Crippen LogP contribution in [-0.4, -0.2) is 21.1 Å². The van der Waals surface area contributed by atoms with Gasteiger partial charge < -0.3 is 5.11 Å². The maximum atomic E-state index is 11.8. The van der Waals surface area contributed by atoms with Crippen LogP contribution in [0.2, 0.25) is 0 Å². The molecule has 0 radical (unpaired) electrons. The molecule has 1 unspecified atom stereocenters. The Morgan fingerprint density at radius 2 is 2.23 bits per heavy atom. The highest BCUT2D eigenvalue weighted by atomic mass is 19.4. The number of hydrogen-bond acceptors (Lipinski definition) is 2. The van der Waals surface area contributed by atoms with Gasteiger partial charge in [0.05, 0.1) is 18.7 Å². The topological polar surface area (TPSA) is 38.0 Å². The molecule has 6 heteroatoms. The third kappa shape index (κ3) is 3.06. The van der Waals surface area contributed by atoms with Gasteiger partial charge in [-0.25, -0.2) is 0 Å². The van der Waals surface area contributed by atoms with Crippen LogP contribution in [0, 0.1) is 0 Å². The van der Waals surface area contributed by atoms with Crippen LogP contribution in [0.15, 0.2) is 12.4 Å². The van der Waals surface area contributed by atoms with Crippen LogP contribution in [0.4, 0.5) is 13.2 Å². The summed E-state index contributed by atoms with van der Waals surface area (Å²) >= 11 is 0. The van der Waals surface area contributed by atoms with Crippen LogP contribution in [0.3, 0.4) is 0 Å². The normalized spacial score (nSPS) is 14.5. The van der Waals surface area contributed by atoms with Crippen molar-refractivity contribution in [3.8, 4) is 0 Å². The van der Waals surface area contributed by atoms with E-state index < -0.39 is 18.7 Å². The molecule has 1 rings (SSSR count). The summed E-state index contributed by atoms with van der Waals surface area (Å²) in [7, 11) is 1.57. The lowest BCUT2D eigenvalue weighted by molar-refractivity contribution is -0.154. The first kappa shape index (κ1) is 10.0. The van der Waals surface area contributed by atoms with E-state index in [-0.39, 0.29) is 5.56 Å². The summed E-state index contributed by atoms with van der Waals surface area (Å²) in [5.41, 5.74) is 0.180. The Labute approximate surface area is 72.8 Å². The Morgan fingerprint density at radius 3 is 2.62 bits per heavy atom. The first-order valence-electron chi connectivity index (χ1n) is 3.62.